The maximum absolute atomic E-state index is 11.7. The smallest absolute Gasteiger partial charge is 0.220 e. The molecule has 8 heteroatoms. The number of alkyl halides is 4. The molecule has 2 nitrogen and oxygen atoms in total. The van der Waals surface area contributed by atoms with E-state index >= 15 is 0 Å². The predicted octanol–water partition coefficient (Wildman–Crippen LogP) is 9.85. The summed E-state index contributed by atoms with van der Waals surface area (Å²) in [6.07, 6.45) is 16.1. The molecule has 0 aromatic carbocycles. The zero-order valence-corrected chi connectivity index (χ0v) is 24.8. The lowest BCUT2D eigenvalue weighted by atomic mass is 9.76. The number of allylic oxidation sites excluding steroid dienone is 2. The van der Waals surface area contributed by atoms with Crippen LogP contribution < -0.4 is 5.32 Å². The van der Waals surface area contributed by atoms with Crippen LogP contribution >= 0.6 is 69.6 Å². The first-order valence-corrected chi connectivity index (χ1v) is 15.1. The third-order valence-corrected chi connectivity index (χ3v) is 11.8. The van der Waals surface area contributed by atoms with Gasteiger partial charge in [-0.05, 0) is 31.1 Å². The molecule has 1 N–H and O–H groups in total. The van der Waals surface area contributed by atoms with Gasteiger partial charge in [0.2, 0.25) is 5.91 Å². The molecule has 0 spiro atoms. The van der Waals surface area contributed by atoms with Crippen molar-refractivity contribution in [1.82, 2.24) is 5.32 Å². The van der Waals surface area contributed by atoms with E-state index in [1.54, 1.807) is 6.08 Å². The summed E-state index contributed by atoms with van der Waals surface area (Å²) in [5.41, 5.74) is 0. The van der Waals surface area contributed by atoms with E-state index in [1.165, 1.54) is 25.7 Å². The number of amides is 1. The fourth-order valence-electron chi connectivity index (χ4n) is 5.60. The van der Waals surface area contributed by atoms with Gasteiger partial charge in [0.15, 0.2) is 4.33 Å². The highest BCUT2D eigenvalue weighted by atomic mass is 35.5. The van der Waals surface area contributed by atoms with Crippen molar-refractivity contribution >= 4 is 75.5 Å². The fourth-order valence-corrected chi connectivity index (χ4v) is 8.75. The number of hydrogen-bond acceptors (Lipinski definition) is 1. The number of carbonyl (C=O) groups excluding carboxylic acids is 1. The quantitative estimate of drug-likeness (QED) is 0.101. The highest BCUT2D eigenvalue weighted by Crippen LogP contribution is 2.77. The van der Waals surface area contributed by atoms with Crippen LogP contribution in [0.1, 0.15) is 96.8 Å². The van der Waals surface area contributed by atoms with Crippen molar-refractivity contribution in [2.45, 2.75) is 111 Å². The van der Waals surface area contributed by atoms with Crippen LogP contribution in [-0.2, 0) is 4.79 Å². The van der Waals surface area contributed by atoms with Crippen molar-refractivity contribution in [1.29, 1.82) is 0 Å². The number of nitrogens with one attached hydrogen (secondary N) is 1. The van der Waals surface area contributed by atoms with Crippen LogP contribution in [0.15, 0.2) is 22.7 Å². The average Bonchev–Trinajstić information content (AvgIpc) is 3.00. The van der Waals surface area contributed by atoms with Gasteiger partial charge < -0.3 is 5.32 Å². The molecule has 0 saturated heterocycles. The molecule has 2 rings (SSSR count). The Morgan fingerprint density at radius 1 is 0.824 bits per heavy atom. The number of unbranched alkanes of at least 4 members (excludes halogenated alkanes) is 9. The van der Waals surface area contributed by atoms with Crippen LogP contribution in [0.3, 0.4) is 0 Å². The zero-order valence-electron chi connectivity index (χ0n) is 20.2. The van der Waals surface area contributed by atoms with Crippen molar-refractivity contribution in [3.8, 4) is 0 Å². The highest BCUT2D eigenvalue weighted by Gasteiger charge is 2.81. The second-order valence-corrected chi connectivity index (χ2v) is 13.1. The first-order valence-electron chi connectivity index (χ1n) is 12.8. The van der Waals surface area contributed by atoms with E-state index in [1.807, 2.05) is 0 Å². The molecule has 1 saturated carbocycles. The third-order valence-electron chi connectivity index (χ3n) is 7.48. The van der Waals surface area contributed by atoms with Crippen LogP contribution in [0.5, 0.6) is 0 Å². The Hall–Kier alpha value is 0.690. The summed E-state index contributed by atoms with van der Waals surface area (Å²) in [5, 5.41) is 3.44. The first kappa shape index (κ1) is 30.9. The topological polar surface area (TPSA) is 29.1 Å². The second kappa shape index (κ2) is 14.0. The molecule has 0 aromatic rings. The minimum atomic E-state index is -1.45. The number of fused-ring (bicyclic) bond motifs is 2. The van der Waals surface area contributed by atoms with Crippen molar-refractivity contribution in [3.63, 3.8) is 0 Å². The summed E-state index contributed by atoms with van der Waals surface area (Å²) in [6.45, 7) is 6.34. The number of carbonyl (C=O) groups is 1. The predicted molar refractivity (Wildman–Crippen MR) is 151 cm³/mol. The average molecular weight is 594 g/mol. The van der Waals surface area contributed by atoms with Gasteiger partial charge in [-0.15, -0.1) is 29.8 Å². The minimum absolute atomic E-state index is 0.0172. The molecule has 0 aliphatic heterocycles. The molecule has 0 aromatic heterocycles. The minimum Gasteiger partial charge on any atom is -0.353 e. The molecule has 1 amide bonds. The van der Waals surface area contributed by atoms with Crippen LogP contribution in [0.4, 0.5) is 0 Å². The summed E-state index contributed by atoms with van der Waals surface area (Å²) in [5.74, 6) is 0.0307. The van der Waals surface area contributed by atoms with Gasteiger partial charge >= 0.3 is 0 Å². The summed E-state index contributed by atoms with van der Waals surface area (Å²) in [7, 11) is 0. The monoisotopic (exact) mass is 591 g/mol. The molecule has 4 atom stereocenters. The van der Waals surface area contributed by atoms with E-state index in [4.69, 9.17) is 69.6 Å². The van der Waals surface area contributed by atoms with E-state index in [0.29, 0.717) is 23.0 Å². The van der Waals surface area contributed by atoms with Gasteiger partial charge in [-0.1, -0.05) is 124 Å². The molecule has 0 radical (unpaired) electrons. The molecule has 0 heterocycles. The Bertz CT molecular complexity index is 726. The van der Waals surface area contributed by atoms with E-state index in [-0.39, 0.29) is 17.7 Å². The number of rotatable bonds is 17. The zero-order chi connectivity index (χ0) is 25.4. The lowest BCUT2D eigenvalue weighted by Crippen LogP contribution is -2.44. The number of hydrogen-bond donors (Lipinski definition) is 1. The summed E-state index contributed by atoms with van der Waals surface area (Å²) in [6, 6.07) is 0. The second-order valence-electron chi connectivity index (χ2n) is 9.79. The molecule has 1 fully saturated rings. The fraction of sp³-hybridized carbons (Fsp3) is 0.808. The van der Waals surface area contributed by atoms with Crippen molar-refractivity contribution in [2.24, 2.45) is 11.8 Å². The lowest BCUT2D eigenvalue weighted by molar-refractivity contribution is -0.121. The lowest BCUT2D eigenvalue weighted by Gasteiger charge is -2.37. The van der Waals surface area contributed by atoms with Gasteiger partial charge in [-0.2, -0.15) is 0 Å². The summed E-state index contributed by atoms with van der Waals surface area (Å²) < 4.78 is -1.45. The van der Waals surface area contributed by atoms with E-state index in [9.17, 15) is 4.79 Å². The highest BCUT2D eigenvalue weighted by molar-refractivity contribution is 6.65. The molecule has 2 bridgehead atoms. The van der Waals surface area contributed by atoms with Gasteiger partial charge in [-0.3, -0.25) is 4.79 Å². The summed E-state index contributed by atoms with van der Waals surface area (Å²) in [4.78, 5) is 9.37. The number of halogens is 6. The molecule has 0 unspecified atom stereocenters. The molecule has 196 valence electrons. The van der Waals surface area contributed by atoms with Gasteiger partial charge in [0.1, 0.15) is 9.75 Å². The molecular formula is C26H39Cl6NO. The standard InChI is InChI=1S/C26H39Cl6NO/c1-3-5-6-7-9-12-15-19-20(16-13-10-8-11-14-17-21(34)33-18-4-2)25(30)23(28)22(27)24(19,29)26(25,31)32/h4,19-20H,2-3,5-18H2,1H3,(H,33,34)/t19-,20-,24-,25-/m0/s1. The Morgan fingerprint density at radius 2 is 1.26 bits per heavy atom. The van der Waals surface area contributed by atoms with E-state index < -0.39 is 14.1 Å². The normalized spacial score (nSPS) is 29.6. The van der Waals surface area contributed by atoms with Gasteiger partial charge in [0, 0.05) is 13.0 Å². The van der Waals surface area contributed by atoms with E-state index in [0.717, 1.165) is 57.8 Å². The molecule has 34 heavy (non-hydrogen) atoms. The molecule has 2 aliphatic rings. The van der Waals surface area contributed by atoms with Gasteiger partial charge in [0.05, 0.1) is 10.1 Å². The van der Waals surface area contributed by atoms with Crippen molar-refractivity contribution in [3.05, 3.63) is 22.7 Å². The van der Waals surface area contributed by atoms with Crippen LogP contribution in [0.25, 0.3) is 0 Å². The Labute approximate surface area is 236 Å². The maximum Gasteiger partial charge on any atom is 0.220 e. The Kier molecular flexibility index (Phi) is 12.7. The third kappa shape index (κ3) is 6.21. The van der Waals surface area contributed by atoms with E-state index in [2.05, 4.69) is 18.8 Å². The molecule has 2 aliphatic carbocycles. The van der Waals surface area contributed by atoms with Crippen molar-refractivity contribution < 1.29 is 4.79 Å². The maximum atomic E-state index is 11.7. The van der Waals surface area contributed by atoms with Crippen LogP contribution in [0.2, 0.25) is 0 Å². The van der Waals surface area contributed by atoms with Crippen LogP contribution in [-0.4, -0.2) is 26.5 Å². The van der Waals surface area contributed by atoms with Crippen molar-refractivity contribution in [2.75, 3.05) is 6.54 Å². The Morgan fingerprint density at radius 3 is 1.74 bits per heavy atom. The van der Waals surface area contributed by atoms with Crippen LogP contribution in [0, 0.1) is 11.8 Å². The largest absolute Gasteiger partial charge is 0.353 e. The van der Waals surface area contributed by atoms with Gasteiger partial charge in [0.25, 0.3) is 0 Å². The summed E-state index contributed by atoms with van der Waals surface area (Å²) >= 11 is 41.2. The van der Waals surface area contributed by atoms with Gasteiger partial charge in [-0.25, -0.2) is 0 Å². The first-order chi connectivity index (χ1) is 16.1. The molecular weight excluding hydrogens is 555 g/mol. The Balaban J connectivity index is 1.92. The SMILES string of the molecule is C=CCNC(=O)CCCCCCC[C@H]1[C@H](CCCCCCCC)[C@]2(Cl)C(Cl)=C(Cl)[C@]1(Cl)C2(Cl)Cl.